The monoisotopic (exact) mass is 394 g/mol. The fourth-order valence-corrected chi connectivity index (χ4v) is 3.94. The molecule has 0 aromatic carbocycles. The topological polar surface area (TPSA) is 85.6 Å². The number of nitrogens with one attached hydrogen (secondary N) is 2. The molecule has 1 aliphatic carbocycles. The summed E-state index contributed by atoms with van der Waals surface area (Å²) in [5.74, 6) is 2.80. The van der Waals surface area contributed by atoms with Crippen LogP contribution in [0.25, 0.3) is 17.0 Å². The van der Waals surface area contributed by atoms with Crippen LogP contribution >= 0.6 is 0 Å². The van der Waals surface area contributed by atoms with Crippen LogP contribution < -0.4 is 20.1 Å². The van der Waals surface area contributed by atoms with Crippen LogP contribution in [0.4, 0.5) is 5.82 Å². The fraction of sp³-hybridized carbons (Fsp3) is 0.476. The summed E-state index contributed by atoms with van der Waals surface area (Å²) in [7, 11) is 3.34. The van der Waals surface area contributed by atoms with E-state index in [0.29, 0.717) is 17.7 Å². The molecule has 2 N–H and O–H groups in total. The van der Waals surface area contributed by atoms with Crippen molar-refractivity contribution in [3.05, 3.63) is 30.1 Å². The quantitative estimate of drug-likeness (QED) is 0.665. The summed E-state index contributed by atoms with van der Waals surface area (Å²) in [4.78, 5) is 9.41. The lowest BCUT2D eigenvalue weighted by Gasteiger charge is -2.24. The summed E-state index contributed by atoms with van der Waals surface area (Å²) >= 11 is 0. The van der Waals surface area contributed by atoms with Crippen molar-refractivity contribution < 1.29 is 9.47 Å². The van der Waals surface area contributed by atoms with Gasteiger partial charge in [0.1, 0.15) is 34.4 Å². The van der Waals surface area contributed by atoms with Crippen LogP contribution in [-0.4, -0.2) is 52.9 Å². The van der Waals surface area contributed by atoms with Gasteiger partial charge in [0.05, 0.1) is 20.4 Å². The van der Waals surface area contributed by atoms with Crippen LogP contribution in [0.1, 0.15) is 37.3 Å². The lowest BCUT2D eigenvalue weighted by molar-refractivity contribution is 0.405. The standard InChI is InChI=1S/C21H26N6O2/c1-28-16-7-8-18(24-14-4-3-9-22-11-14)25-21(16)15-12-23-19-10-17(29-2)20(13-5-6-13)26-27(15)19/h7-8,10,12-14,22H,3-6,9,11H2,1-2H3,(H,24,25)/t14-/m1/s1. The van der Waals surface area contributed by atoms with Crippen LogP contribution in [0.15, 0.2) is 24.4 Å². The average Bonchev–Trinajstić information content (AvgIpc) is 3.53. The van der Waals surface area contributed by atoms with E-state index in [9.17, 15) is 0 Å². The number of anilines is 1. The molecule has 1 aliphatic heterocycles. The highest BCUT2D eigenvalue weighted by atomic mass is 16.5. The maximum atomic E-state index is 5.60. The number of pyridine rings is 1. The van der Waals surface area contributed by atoms with Gasteiger partial charge >= 0.3 is 0 Å². The molecular weight excluding hydrogens is 368 g/mol. The minimum atomic E-state index is 0.378. The lowest BCUT2D eigenvalue weighted by Crippen LogP contribution is -2.38. The molecule has 2 fully saturated rings. The third kappa shape index (κ3) is 3.48. The average molecular weight is 394 g/mol. The Kier molecular flexibility index (Phi) is 4.71. The Morgan fingerprint density at radius 3 is 2.72 bits per heavy atom. The minimum absolute atomic E-state index is 0.378. The van der Waals surface area contributed by atoms with Crippen LogP contribution in [0.2, 0.25) is 0 Å². The molecule has 152 valence electrons. The number of aromatic nitrogens is 4. The maximum Gasteiger partial charge on any atom is 0.157 e. The summed E-state index contributed by atoms with van der Waals surface area (Å²) < 4.78 is 13.0. The highest BCUT2D eigenvalue weighted by Gasteiger charge is 2.30. The van der Waals surface area contributed by atoms with Gasteiger partial charge in [-0.1, -0.05) is 0 Å². The molecule has 8 nitrogen and oxygen atoms in total. The van der Waals surface area contributed by atoms with E-state index in [0.717, 1.165) is 66.6 Å². The highest BCUT2D eigenvalue weighted by molar-refractivity contribution is 5.68. The molecule has 1 saturated heterocycles. The minimum Gasteiger partial charge on any atom is -0.495 e. The van der Waals surface area contributed by atoms with E-state index in [4.69, 9.17) is 19.6 Å². The van der Waals surface area contributed by atoms with Crippen molar-refractivity contribution in [2.45, 2.75) is 37.6 Å². The lowest BCUT2D eigenvalue weighted by atomic mass is 10.1. The van der Waals surface area contributed by atoms with E-state index >= 15 is 0 Å². The Balaban J connectivity index is 1.56. The summed E-state index contributed by atoms with van der Waals surface area (Å²) in [5, 5.41) is 11.8. The van der Waals surface area contributed by atoms with E-state index in [2.05, 4.69) is 15.6 Å². The molecule has 1 atom stereocenters. The van der Waals surface area contributed by atoms with Gasteiger partial charge in [0, 0.05) is 24.6 Å². The number of fused-ring (bicyclic) bond motifs is 1. The van der Waals surface area contributed by atoms with Gasteiger partial charge in [-0.2, -0.15) is 5.10 Å². The zero-order chi connectivity index (χ0) is 19.8. The molecule has 8 heteroatoms. The van der Waals surface area contributed by atoms with Gasteiger partial charge in [0.25, 0.3) is 0 Å². The second-order valence-electron chi connectivity index (χ2n) is 7.72. The van der Waals surface area contributed by atoms with E-state index in [-0.39, 0.29) is 0 Å². The summed E-state index contributed by atoms with van der Waals surface area (Å²) in [6, 6.07) is 6.24. The van der Waals surface area contributed by atoms with Crippen LogP contribution in [0, 0.1) is 0 Å². The molecule has 0 radical (unpaired) electrons. The predicted octanol–water partition coefficient (Wildman–Crippen LogP) is 2.85. The SMILES string of the molecule is COc1ccc(N[C@@H]2CCCNC2)nc1-c1cnc2cc(OC)c(C3CC3)nn12. The van der Waals surface area contributed by atoms with Crippen molar-refractivity contribution in [3.63, 3.8) is 0 Å². The maximum absolute atomic E-state index is 5.60. The van der Waals surface area contributed by atoms with Crippen molar-refractivity contribution in [2.75, 3.05) is 32.6 Å². The first-order chi connectivity index (χ1) is 14.3. The molecule has 2 aliphatic rings. The first-order valence-corrected chi connectivity index (χ1v) is 10.2. The molecule has 0 spiro atoms. The van der Waals surface area contributed by atoms with Gasteiger partial charge in [-0.15, -0.1) is 0 Å². The number of rotatable bonds is 6. The molecule has 0 bridgehead atoms. The van der Waals surface area contributed by atoms with Gasteiger partial charge < -0.3 is 20.1 Å². The molecule has 0 amide bonds. The van der Waals surface area contributed by atoms with Crippen molar-refractivity contribution >= 4 is 11.5 Å². The summed E-state index contributed by atoms with van der Waals surface area (Å²) in [6.07, 6.45) is 6.40. The molecule has 29 heavy (non-hydrogen) atoms. The Labute approximate surface area is 169 Å². The molecule has 4 heterocycles. The van der Waals surface area contributed by atoms with Crippen LogP contribution in [0.5, 0.6) is 11.5 Å². The number of piperidine rings is 1. The smallest absolute Gasteiger partial charge is 0.157 e. The Morgan fingerprint density at radius 2 is 2.00 bits per heavy atom. The van der Waals surface area contributed by atoms with E-state index in [1.54, 1.807) is 20.4 Å². The molecule has 5 rings (SSSR count). The van der Waals surface area contributed by atoms with Crippen molar-refractivity contribution in [3.8, 4) is 22.9 Å². The number of hydrogen-bond donors (Lipinski definition) is 2. The van der Waals surface area contributed by atoms with Gasteiger partial charge in [0.2, 0.25) is 0 Å². The third-order valence-electron chi connectivity index (χ3n) is 5.64. The second-order valence-corrected chi connectivity index (χ2v) is 7.72. The van der Waals surface area contributed by atoms with Gasteiger partial charge in [0.15, 0.2) is 5.65 Å². The number of ether oxygens (including phenoxy) is 2. The molecular formula is C21H26N6O2. The molecule has 3 aromatic heterocycles. The number of nitrogens with zero attached hydrogens (tertiary/aromatic N) is 4. The van der Waals surface area contributed by atoms with Crippen molar-refractivity contribution in [1.29, 1.82) is 0 Å². The van der Waals surface area contributed by atoms with Crippen LogP contribution in [0.3, 0.4) is 0 Å². The normalized spacial score (nSPS) is 19.3. The first-order valence-electron chi connectivity index (χ1n) is 10.2. The first kappa shape index (κ1) is 18.2. The van der Waals surface area contributed by atoms with Gasteiger partial charge in [-0.3, -0.25) is 0 Å². The van der Waals surface area contributed by atoms with Crippen LogP contribution in [-0.2, 0) is 0 Å². The number of methoxy groups -OCH3 is 2. The Morgan fingerprint density at radius 1 is 1.14 bits per heavy atom. The highest BCUT2D eigenvalue weighted by Crippen LogP contribution is 2.43. The summed E-state index contributed by atoms with van der Waals surface area (Å²) in [6.45, 7) is 2.03. The van der Waals surface area contributed by atoms with Crippen molar-refractivity contribution in [1.82, 2.24) is 24.9 Å². The van der Waals surface area contributed by atoms with Crippen molar-refractivity contribution in [2.24, 2.45) is 0 Å². The van der Waals surface area contributed by atoms with E-state index in [1.165, 1.54) is 6.42 Å². The largest absolute Gasteiger partial charge is 0.495 e. The fourth-order valence-electron chi connectivity index (χ4n) is 3.94. The Bertz CT molecular complexity index is 1020. The van der Waals surface area contributed by atoms with E-state index < -0.39 is 0 Å². The van der Waals surface area contributed by atoms with Gasteiger partial charge in [-0.05, 0) is 44.4 Å². The second kappa shape index (κ2) is 7.51. The molecule has 3 aromatic rings. The molecule has 1 saturated carbocycles. The number of imidazole rings is 1. The van der Waals surface area contributed by atoms with E-state index in [1.807, 2.05) is 22.7 Å². The molecule has 0 unspecified atom stereocenters. The summed E-state index contributed by atoms with van der Waals surface area (Å²) in [5.41, 5.74) is 3.26. The zero-order valence-electron chi connectivity index (χ0n) is 16.8. The predicted molar refractivity (Wildman–Crippen MR) is 111 cm³/mol. The Hall–Kier alpha value is -2.87. The zero-order valence-corrected chi connectivity index (χ0v) is 16.8. The third-order valence-corrected chi connectivity index (χ3v) is 5.64. The van der Waals surface area contributed by atoms with Gasteiger partial charge in [-0.25, -0.2) is 14.5 Å². The number of hydrogen-bond acceptors (Lipinski definition) is 7.